The van der Waals surface area contributed by atoms with Crippen LogP contribution < -0.4 is 10.0 Å². The van der Waals surface area contributed by atoms with Crippen molar-refractivity contribution in [2.75, 3.05) is 5.32 Å². The number of carbonyl (C=O) groups excluding carboxylic acids is 1. The van der Waals surface area contributed by atoms with Crippen LogP contribution in [0.4, 0.5) is 10.1 Å². The molecule has 0 radical (unpaired) electrons. The van der Waals surface area contributed by atoms with Gasteiger partial charge < -0.3 is 5.32 Å². The molecule has 29 heavy (non-hydrogen) atoms. The van der Waals surface area contributed by atoms with Crippen molar-refractivity contribution >= 4 is 33.2 Å². The van der Waals surface area contributed by atoms with Crippen molar-refractivity contribution in [3.63, 3.8) is 0 Å². The number of anilines is 1. The third-order valence-electron chi connectivity index (χ3n) is 5.63. The molecule has 3 unspecified atom stereocenters. The van der Waals surface area contributed by atoms with Gasteiger partial charge >= 0.3 is 0 Å². The van der Waals surface area contributed by atoms with E-state index in [0.717, 1.165) is 31.4 Å². The molecule has 2 N–H and O–H groups in total. The van der Waals surface area contributed by atoms with Crippen molar-refractivity contribution in [3.8, 4) is 0 Å². The van der Waals surface area contributed by atoms with E-state index in [0.29, 0.717) is 16.6 Å². The summed E-state index contributed by atoms with van der Waals surface area (Å²) in [4.78, 5) is 12.4. The highest BCUT2D eigenvalue weighted by Gasteiger charge is 2.31. The summed E-state index contributed by atoms with van der Waals surface area (Å²) in [5.41, 5.74) is -0.0483. The lowest BCUT2D eigenvalue weighted by Crippen LogP contribution is -2.43. The number of hydrogen-bond donors (Lipinski definition) is 2. The van der Waals surface area contributed by atoms with E-state index in [9.17, 15) is 17.6 Å². The minimum absolute atomic E-state index is 0.145. The molecule has 1 fully saturated rings. The lowest BCUT2D eigenvalue weighted by atomic mass is 9.78. The third kappa shape index (κ3) is 4.97. The van der Waals surface area contributed by atoms with Crippen LogP contribution in [0.5, 0.6) is 0 Å². The van der Waals surface area contributed by atoms with Crippen molar-refractivity contribution in [2.45, 2.75) is 44.0 Å². The summed E-state index contributed by atoms with van der Waals surface area (Å²) < 4.78 is 42.7. The Hall–Kier alpha value is -1.96. The van der Waals surface area contributed by atoms with Gasteiger partial charge in [0, 0.05) is 6.04 Å². The van der Waals surface area contributed by atoms with Crippen LogP contribution in [-0.4, -0.2) is 20.4 Å². The smallest absolute Gasteiger partial charge is 0.258 e. The van der Waals surface area contributed by atoms with Gasteiger partial charge in [0.05, 0.1) is 21.2 Å². The number of amides is 1. The molecule has 0 heterocycles. The van der Waals surface area contributed by atoms with Gasteiger partial charge in [-0.3, -0.25) is 4.79 Å². The topological polar surface area (TPSA) is 75.3 Å². The Labute approximate surface area is 175 Å². The van der Waals surface area contributed by atoms with Gasteiger partial charge in [0.15, 0.2) is 0 Å². The zero-order valence-electron chi connectivity index (χ0n) is 16.3. The van der Waals surface area contributed by atoms with Crippen LogP contribution in [0.2, 0.25) is 5.02 Å². The SMILES string of the molecule is CC1CCCC(NS(=O)(=O)c2ccc(F)c(C(=O)Nc3ccccc3Cl)c2)C1C. The fraction of sp³-hybridized carbons (Fsp3) is 0.381. The van der Waals surface area contributed by atoms with Crippen molar-refractivity contribution in [1.82, 2.24) is 4.72 Å². The molecule has 5 nitrogen and oxygen atoms in total. The Morgan fingerprint density at radius 3 is 2.59 bits per heavy atom. The normalized spacial score (nSPS) is 22.3. The van der Waals surface area contributed by atoms with Gasteiger partial charge in [0.25, 0.3) is 5.91 Å². The Kier molecular flexibility index (Phi) is 6.61. The van der Waals surface area contributed by atoms with Crippen LogP contribution >= 0.6 is 11.6 Å². The Balaban J connectivity index is 1.84. The van der Waals surface area contributed by atoms with E-state index in [4.69, 9.17) is 11.6 Å². The number of para-hydroxylation sites is 1. The quantitative estimate of drug-likeness (QED) is 0.701. The van der Waals surface area contributed by atoms with E-state index in [1.165, 1.54) is 6.07 Å². The molecule has 3 rings (SSSR count). The monoisotopic (exact) mass is 438 g/mol. The fourth-order valence-corrected chi connectivity index (χ4v) is 5.18. The summed E-state index contributed by atoms with van der Waals surface area (Å²) in [5, 5.41) is 2.81. The first-order valence-corrected chi connectivity index (χ1v) is 11.4. The van der Waals surface area contributed by atoms with Crippen molar-refractivity contribution in [2.24, 2.45) is 11.8 Å². The Morgan fingerprint density at radius 2 is 1.86 bits per heavy atom. The molecular formula is C21H24ClFN2O3S. The third-order valence-corrected chi connectivity index (χ3v) is 7.45. The summed E-state index contributed by atoms with van der Waals surface area (Å²) in [5.74, 6) is -0.968. The standard InChI is InChI=1S/C21H24ClFN2O3S/c1-13-6-5-9-19(14(13)2)25-29(27,28)15-10-11-18(23)16(12-15)21(26)24-20-8-4-3-7-17(20)22/h3-4,7-8,10-14,19,25H,5-6,9H2,1-2H3,(H,24,26). The van der Waals surface area contributed by atoms with Gasteiger partial charge in [-0.2, -0.15) is 0 Å². The first-order chi connectivity index (χ1) is 13.7. The summed E-state index contributed by atoms with van der Waals surface area (Å²) in [6.45, 7) is 4.14. The Bertz CT molecular complexity index is 1010. The lowest BCUT2D eigenvalue weighted by Gasteiger charge is -2.34. The molecule has 0 bridgehead atoms. The second-order valence-corrected chi connectivity index (χ2v) is 9.69. The number of rotatable bonds is 5. The largest absolute Gasteiger partial charge is 0.321 e. The molecule has 156 valence electrons. The van der Waals surface area contributed by atoms with E-state index in [2.05, 4.69) is 17.0 Å². The van der Waals surface area contributed by atoms with Gasteiger partial charge in [-0.1, -0.05) is 50.4 Å². The van der Waals surface area contributed by atoms with E-state index in [-0.39, 0.29) is 22.4 Å². The zero-order chi connectivity index (χ0) is 21.2. The number of halogens is 2. The molecule has 0 aromatic heterocycles. The van der Waals surface area contributed by atoms with Crippen LogP contribution in [0, 0.1) is 17.7 Å². The average molecular weight is 439 g/mol. The number of hydrogen-bond acceptors (Lipinski definition) is 3. The molecule has 3 atom stereocenters. The van der Waals surface area contributed by atoms with Crippen LogP contribution in [0.25, 0.3) is 0 Å². The average Bonchev–Trinajstić information content (AvgIpc) is 2.67. The molecule has 2 aromatic carbocycles. The second kappa shape index (κ2) is 8.81. The molecule has 1 aliphatic carbocycles. The molecule has 1 amide bonds. The first kappa shape index (κ1) is 21.7. The molecule has 0 aliphatic heterocycles. The maximum absolute atomic E-state index is 14.3. The number of benzene rings is 2. The maximum atomic E-state index is 14.3. The fourth-order valence-electron chi connectivity index (χ4n) is 3.61. The van der Waals surface area contributed by atoms with E-state index in [1.54, 1.807) is 24.3 Å². The molecule has 0 saturated heterocycles. The minimum Gasteiger partial charge on any atom is -0.321 e. The molecule has 8 heteroatoms. The van der Waals surface area contributed by atoms with Gasteiger partial charge in [0.2, 0.25) is 10.0 Å². The van der Waals surface area contributed by atoms with Crippen molar-refractivity contribution in [3.05, 3.63) is 58.9 Å². The highest BCUT2D eigenvalue weighted by molar-refractivity contribution is 7.89. The van der Waals surface area contributed by atoms with Crippen molar-refractivity contribution < 1.29 is 17.6 Å². The summed E-state index contributed by atoms with van der Waals surface area (Å²) >= 11 is 6.02. The first-order valence-electron chi connectivity index (χ1n) is 9.57. The lowest BCUT2D eigenvalue weighted by molar-refractivity contribution is 0.102. The van der Waals surface area contributed by atoms with Crippen LogP contribution in [0.3, 0.4) is 0 Å². The number of nitrogens with one attached hydrogen (secondary N) is 2. The highest BCUT2D eigenvalue weighted by atomic mass is 35.5. The van der Waals surface area contributed by atoms with Crippen LogP contribution in [0.15, 0.2) is 47.4 Å². The molecule has 1 saturated carbocycles. The minimum atomic E-state index is -3.89. The van der Waals surface area contributed by atoms with Gasteiger partial charge in [-0.15, -0.1) is 0 Å². The number of carbonyl (C=O) groups is 1. The van der Waals surface area contributed by atoms with E-state index >= 15 is 0 Å². The van der Waals surface area contributed by atoms with Crippen LogP contribution in [-0.2, 0) is 10.0 Å². The summed E-state index contributed by atoms with van der Waals surface area (Å²) in [6.07, 6.45) is 2.78. The van der Waals surface area contributed by atoms with Gasteiger partial charge in [0.1, 0.15) is 5.82 Å². The van der Waals surface area contributed by atoms with Gasteiger partial charge in [-0.25, -0.2) is 17.5 Å². The molecular weight excluding hydrogens is 415 g/mol. The highest BCUT2D eigenvalue weighted by Crippen LogP contribution is 2.30. The van der Waals surface area contributed by atoms with Gasteiger partial charge in [-0.05, 0) is 48.6 Å². The zero-order valence-corrected chi connectivity index (χ0v) is 17.9. The van der Waals surface area contributed by atoms with E-state index in [1.807, 2.05) is 6.92 Å². The predicted octanol–water partition coefficient (Wildman–Crippen LogP) is 4.83. The number of sulfonamides is 1. The molecule has 2 aromatic rings. The summed E-state index contributed by atoms with van der Waals surface area (Å²) in [7, 11) is -3.89. The second-order valence-electron chi connectivity index (χ2n) is 7.57. The van der Waals surface area contributed by atoms with Crippen LogP contribution in [0.1, 0.15) is 43.5 Å². The molecule has 1 aliphatic rings. The predicted molar refractivity (Wildman–Crippen MR) is 112 cm³/mol. The Morgan fingerprint density at radius 1 is 1.14 bits per heavy atom. The maximum Gasteiger partial charge on any atom is 0.258 e. The van der Waals surface area contributed by atoms with Crippen molar-refractivity contribution in [1.29, 1.82) is 0 Å². The van der Waals surface area contributed by atoms with E-state index < -0.39 is 21.7 Å². The molecule has 0 spiro atoms. The summed E-state index contributed by atoms with van der Waals surface area (Å²) in [6, 6.07) is 9.56.